The zero-order valence-electron chi connectivity index (χ0n) is 24.9. The number of aliphatic hydroxyl groups excluding tert-OH is 1. The Kier molecular flexibility index (Phi) is 14.1. The minimum atomic E-state index is -1.15. The number of aliphatic hydroxyl groups is 1. The minimum absolute atomic E-state index is 0.0322. The molecule has 5 atom stereocenters. The zero-order chi connectivity index (χ0) is 31.9. The Labute approximate surface area is 251 Å². The van der Waals surface area contributed by atoms with E-state index in [2.05, 4.69) is 21.3 Å². The fourth-order valence-corrected chi connectivity index (χ4v) is 4.11. The van der Waals surface area contributed by atoms with Gasteiger partial charge in [-0.15, -0.1) is 0 Å². The number of amides is 4. The number of carbonyl (C=O) groups excluding carboxylic acids is 4. The Morgan fingerprint density at radius 2 is 1.28 bits per heavy atom. The van der Waals surface area contributed by atoms with Crippen LogP contribution in [0.3, 0.4) is 0 Å². The van der Waals surface area contributed by atoms with E-state index in [4.69, 9.17) is 4.74 Å². The van der Waals surface area contributed by atoms with Crippen LogP contribution >= 0.6 is 0 Å². The van der Waals surface area contributed by atoms with Gasteiger partial charge in [0.2, 0.25) is 17.7 Å². The largest absolute Gasteiger partial charge is 0.480 e. The van der Waals surface area contributed by atoms with Gasteiger partial charge in [-0.2, -0.15) is 0 Å². The number of nitrogens with one attached hydrogen (secondary N) is 4. The summed E-state index contributed by atoms with van der Waals surface area (Å²) in [6.07, 6.45) is -1.90. The lowest BCUT2D eigenvalue weighted by atomic mass is 9.97. The van der Waals surface area contributed by atoms with Crippen LogP contribution in [0.15, 0.2) is 60.7 Å². The van der Waals surface area contributed by atoms with Gasteiger partial charge in [0.1, 0.15) is 24.7 Å². The van der Waals surface area contributed by atoms with Crippen molar-refractivity contribution in [2.24, 2.45) is 5.92 Å². The van der Waals surface area contributed by atoms with E-state index in [1.807, 2.05) is 48.5 Å². The molecule has 0 aliphatic rings. The van der Waals surface area contributed by atoms with Gasteiger partial charge in [-0.1, -0.05) is 74.5 Å². The number of carboxylic acids is 1. The summed E-state index contributed by atoms with van der Waals surface area (Å²) in [5, 5.41) is 30.4. The molecular formula is C31H42N4O8. The summed E-state index contributed by atoms with van der Waals surface area (Å²) in [6.45, 7) is 6.29. The van der Waals surface area contributed by atoms with Crippen molar-refractivity contribution in [3.8, 4) is 0 Å². The average Bonchev–Trinajstić information content (AvgIpc) is 2.97. The first-order chi connectivity index (χ1) is 20.4. The molecule has 0 saturated heterocycles. The van der Waals surface area contributed by atoms with Gasteiger partial charge in [0.05, 0.1) is 12.1 Å². The second kappa shape index (κ2) is 17.5. The third-order valence-electron chi connectivity index (χ3n) is 6.70. The minimum Gasteiger partial charge on any atom is -0.480 e. The van der Waals surface area contributed by atoms with E-state index in [-0.39, 0.29) is 31.8 Å². The van der Waals surface area contributed by atoms with Crippen molar-refractivity contribution >= 4 is 29.8 Å². The molecule has 0 saturated carbocycles. The van der Waals surface area contributed by atoms with Gasteiger partial charge >= 0.3 is 12.1 Å². The molecule has 0 aliphatic carbocycles. The van der Waals surface area contributed by atoms with Crippen LogP contribution in [-0.4, -0.2) is 70.3 Å². The van der Waals surface area contributed by atoms with E-state index in [1.165, 1.54) is 13.8 Å². The van der Waals surface area contributed by atoms with E-state index < -0.39 is 60.1 Å². The maximum atomic E-state index is 13.0. The summed E-state index contributed by atoms with van der Waals surface area (Å²) in [4.78, 5) is 61.6. The SMILES string of the molecule is CC(C)[C@H](NC(=O)CCC(O)[C@H](Cc1ccccc1)NC(=O)[C@H](C)NC(=O)[C@H](C)NC(=O)OCc1ccccc1)C(=O)O. The number of rotatable bonds is 16. The maximum Gasteiger partial charge on any atom is 0.408 e. The summed E-state index contributed by atoms with van der Waals surface area (Å²) in [6, 6.07) is 14.3. The van der Waals surface area contributed by atoms with Gasteiger partial charge in [-0.05, 0) is 43.7 Å². The molecule has 2 aromatic carbocycles. The van der Waals surface area contributed by atoms with Crippen molar-refractivity contribution < 1.29 is 38.9 Å². The first-order valence-electron chi connectivity index (χ1n) is 14.2. The van der Waals surface area contributed by atoms with Crippen LogP contribution in [0.25, 0.3) is 0 Å². The van der Waals surface area contributed by atoms with Gasteiger partial charge in [0, 0.05) is 6.42 Å². The molecule has 1 unspecified atom stereocenters. The summed E-state index contributed by atoms with van der Waals surface area (Å²) in [5.41, 5.74) is 1.61. The lowest BCUT2D eigenvalue weighted by molar-refractivity contribution is -0.143. The molecule has 0 radical (unpaired) electrons. The molecule has 0 aliphatic heterocycles. The highest BCUT2D eigenvalue weighted by molar-refractivity contribution is 5.91. The fraction of sp³-hybridized carbons (Fsp3) is 0.452. The van der Waals surface area contributed by atoms with Crippen molar-refractivity contribution in [3.63, 3.8) is 0 Å². The predicted molar refractivity (Wildman–Crippen MR) is 159 cm³/mol. The molecule has 0 aromatic heterocycles. The maximum absolute atomic E-state index is 13.0. The number of benzene rings is 2. The topological polar surface area (TPSA) is 183 Å². The van der Waals surface area contributed by atoms with Gasteiger partial charge in [-0.25, -0.2) is 9.59 Å². The highest BCUT2D eigenvalue weighted by Crippen LogP contribution is 2.12. The van der Waals surface area contributed by atoms with Gasteiger partial charge < -0.3 is 36.2 Å². The van der Waals surface area contributed by atoms with Gasteiger partial charge in [0.15, 0.2) is 0 Å². The lowest BCUT2D eigenvalue weighted by Crippen LogP contribution is -2.55. The first kappa shape index (κ1) is 34.7. The third kappa shape index (κ3) is 12.5. The Morgan fingerprint density at radius 1 is 0.744 bits per heavy atom. The molecule has 6 N–H and O–H groups in total. The summed E-state index contributed by atoms with van der Waals surface area (Å²) < 4.78 is 5.13. The normalized spacial score (nSPS) is 14.4. The number of carboxylic acid groups (broad SMARTS) is 1. The van der Waals surface area contributed by atoms with Crippen molar-refractivity contribution in [1.82, 2.24) is 21.3 Å². The van der Waals surface area contributed by atoms with Crippen LogP contribution in [0.1, 0.15) is 51.7 Å². The quantitative estimate of drug-likeness (QED) is 0.169. The van der Waals surface area contributed by atoms with Gasteiger partial charge in [0.25, 0.3) is 0 Å². The molecule has 0 spiro atoms. The van der Waals surface area contributed by atoms with E-state index >= 15 is 0 Å². The summed E-state index contributed by atoms with van der Waals surface area (Å²) in [7, 11) is 0. The van der Waals surface area contributed by atoms with Crippen molar-refractivity contribution in [3.05, 3.63) is 71.8 Å². The van der Waals surface area contributed by atoms with Crippen LogP contribution in [-0.2, 0) is 36.9 Å². The monoisotopic (exact) mass is 598 g/mol. The molecule has 4 amide bonds. The number of carbonyl (C=O) groups is 5. The van der Waals surface area contributed by atoms with E-state index in [9.17, 15) is 34.2 Å². The number of alkyl carbamates (subject to hydrolysis) is 1. The lowest BCUT2D eigenvalue weighted by Gasteiger charge is -2.27. The second-order valence-electron chi connectivity index (χ2n) is 10.7. The molecule has 12 nitrogen and oxygen atoms in total. The molecule has 234 valence electrons. The van der Waals surface area contributed by atoms with Crippen molar-refractivity contribution in [1.29, 1.82) is 0 Å². The summed E-state index contributed by atoms with van der Waals surface area (Å²) >= 11 is 0. The van der Waals surface area contributed by atoms with Gasteiger partial charge in [-0.3, -0.25) is 14.4 Å². The molecule has 2 aromatic rings. The molecule has 2 rings (SSSR count). The smallest absolute Gasteiger partial charge is 0.408 e. The van der Waals surface area contributed by atoms with Crippen LogP contribution < -0.4 is 21.3 Å². The molecule has 0 fully saturated rings. The highest BCUT2D eigenvalue weighted by atomic mass is 16.5. The molecular weight excluding hydrogens is 556 g/mol. The molecule has 0 bridgehead atoms. The van der Waals surface area contributed by atoms with Crippen LogP contribution in [0.5, 0.6) is 0 Å². The second-order valence-corrected chi connectivity index (χ2v) is 10.7. The Hall–Kier alpha value is -4.45. The molecule has 12 heteroatoms. The number of hydrogen-bond acceptors (Lipinski definition) is 7. The standard InChI is InChI=1S/C31H42N4O8/c1-19(2)27(30(40)41)35-26(37)16-15-25(36)24(17-22-11-7-5-8-12-22)34-29(39)20(3)32-28(38)21(4)33-31(42)43-18-23-13-9-6-10-14-23/h5-14,19-21,24-25,27,36H,15-18H2,1-4H3,(H,32,38)(H,33,42)(H,34,39)(H,35,37)(H,40,41)/t20-,21-,24-,25?,27-/m0/s1. The fourth-order valence-electron chi connectivity index (χ4n) is 4.11. The molecule has 43 heavy (non-hydrogen) atoms. The number of hydrogen-bond donors (Lipinski definition) is 6. The van der Waals surface area contributed by atoms with E-state index in [0.29, 0.717) is 0 Å². The average molecular weight is 599 g/mol. The highest BCUT2D eigenvalue weighted by Gasteiger charge is 2.28. The Bertz CT molecular complexity index is 1210. The number of aliphatic carboxylic acids is 1. The Balaban J connectivity index is 1.94. The third-order valence-corrected chi connectivity index (χ3v) is 6.70. The Morgan fingerprint density at radius 3 is 1.84 bits per heavy atom. The van der Waals surface area contributed by atoms with Crippen LogP contribution in [0.4, 0.5) is 4.79 Å². The summed E-state index contributed by atoms with van der Waals surface area (Å²) in [5.74, 6) is -3.21. The number of ether oxygens (including phenoxy) is 1. The predicted octanol–water partition coefficient (Wildman–Crippen LogP) is 1.90. The molecule has 0 heterocycles. The van der Waals surface area contributed by atoms with Crippen molar-refractivity contribution in [2.45, 2.75) is 83.8 Å². The van der Waals surface area contributed by atoms with Crippen molar-refractivity contribution in [2.75, 3.05) is 0 Å². The van der Waals surface area contributed by atoms with Crippen LogP contribution in [0, 0.1) is 5.92 Å². The first-order valence-corrected chi connectivity index (χ1v) is 14.2. The van der Waals surface area contributed by atoms with Crippen LogP contribution in [0.2, 0.25) is 0 Å². The zero-order valence-corrected chi connectivity index (χ0v) is 24.9. The van der Waals surface area contributed by atoms with E-state index in [1.54, 1.807) is 26.0 Å². The van der Waals surface area contributed by atoms with E-state index in [0.717, 1.165) is 11.1 Å².